The number of hydrogen-bond acceptors (Lipinski definition) is 4. The highest BCUT2D eigenvalue weighted by Gasteiger charge is 2.29. The standard InChI is InChI=1S/C11H18O4/c1-7-4-5-9(15-11(7)13)6-10(14-3)8(2)12/h7,9-10H,4-6H2,1-3H3/t7-,9+,10+/m1/s1. The van der Waals surface area contributed by atoms with Gasteiger partial charge in [0.1, 0.15) is 12.2 Å². The van der Waals surface area contributed by atoms with Crippen LogP contribution in [0.15, 0.2) is 0 Å². The normalized spacial score (nSPS) is 28.3. The van der Waals surface area contributed by atoms with Crippen LogP contribution >= 0.6 is 0 Å². The first-order chi connectivity index (χ1) is 7.04. The summed E-state index contributed by atoms with van der Waals surface area (Å²) < 4.78 is 10.2. The van der Waals surface area contributed by atoms with E-state index in [1.165, 1.54) is 14.0 Å². The largest absolute Gasteiger partial charge is 0.462 e. The Labute approximate surface area is 89.9 Å². The summed E-state index contributed by atoms with van der Waals surface area (Å²) in [4.78, 5) is 22.4. The van der Waals surface area contributed by atoms with Crippen LogP contribution in [0.3, 0.4) is 0 Å². The Balaban J connectivity index is 2.45. The van der Waals surface area contributed by atoms with Crippen molar-refractivity contribution in [3.8, 4) is 0 Å². The van der Waals surface area contributed by atoms with Crippen LogP contribution in [0.2, 0.25) is 0 Å². The average Bonchev–Trinajstić information content (AvgIpc) is 2.19. The molecule has 0 bridgehead atoms. The van der Waals surface area contributed by atoms with Gasteiger partial charge in [0.25, 0.3) is 0 Å². The molecule has 1 aliphatic heterocycles. The summed E-state index contributed by atoms with van der Waals surface area (Å²) in [5.74, 6) is -0.198. The lowest BCUT2D eigenvalue weighted by molar-refractivity contribution is -0.162. The van der Waals surface area contributed by atoms with Crippen molar-refractivity contribution in [2.75, 3.05) is 7.11 Å². The predicted octanol–water partition coefficient (Wildman–Crippen LogP) is 1.32. The van der Waals surface area contributed by atoms with E-state index in [1.807, 2.05) is 6.92 Å². The predicted molar refractivity (Wildman–Crippen MR) is 54.4 cm³/mol. The third kappa shape index (κ3) is 3.30. The summed E-state index contributed by atoms with van der Waals surface area (Å²) in [7, 11) is 1.50. The summed E-state index contributed by atoms with van der Waals surface area (Å²) in [6, 6.07) is 0. The molecule has 0 aliphatic carbocycles. The Morgan fingerprint density at radius 2 is 2.27 bits per heavy atom. The lowest BCUT2D eigenvalue weighted by Crippen LogP contribution is -2.34. The topological polar surface area (TPSA) is 52.6 Å². The summed E-state index contributed by atoms with van der Waals surface area (Å²) in [6.07, 6.45) is 1.51. The van der Waals surface area contributed by atoms with Gasteiger partial charge in [-0.1, -0.05) is 6.92 Å². The summed E-state index contributed by atoms with van der Waals surface area (Å²) in [5, 5.41) is 0. The molecule has 0 radical (unpaired) electrons. The molecule has 0 unspecified atom stereocenters. The molecule has 1 fully saturated rings. The first-order valence-electron chi connectivity index (χ1n) is 5.28. The maximum atomic E-state index is 11.3. The van der Waals surface area contributed by atoms with Gasteiger partial charge in [-0.15, -0.1) is 0 Å². The first kappa shape index (κ1) is 12.2. The molecule has 0 spiro atoms. The van der Waals surface area contributed by atoms with Crippen LogP contribution in [0, 0.1) is 5.92 Å². The van der Waals surface area contributed by atoms with Gasteiger partial charge in [0.05, 0.1) is 5.92 Å². The van der Waals surface area contributed by atoms with E-state index in [9.17, 15) is 9.59 Å². The minimum Gasteiger partial charge on any atom is -0.462 e. The molecule has 86 valence electrons. The molecule has 0 amide bonds. The van der Waals surface area contributed by atoms with Crippen molar-refractivity contribution in [2.45, 2.75) is 45.3 Å². The Bertz CT molecular complexity index is 249. The van der Waals surface area contributed by atoms with Gasteiger partial charge in [-0.05, 0) is 19.8 Å². The van der Waals surface area contributed by atoms with Gasteiger partial charge in [-0.2, -0.15) is 0 Å². The van der Waals surface area contributed by atoms with E-state index in [0.29, 0.717) is 6.42 Å². The van der Waals surface area contributed by atoms with Crippen LogP contribution in [0.1, 0.15) is 33.1 Å². The third-order valence-corrected chi connectivity index (χ3v) is 2.82. The van der Waals surface area contributed by atoms with Crippen LogP contribution in [0.5, 0.6) is 0 Å². The molecule has 1 aliphatic rings. The Morgan fingerprint density at radius 3 is 2.73 bits per heavy atom. The molecule has 0 aromatic rings. The highest BCUT2D eigenvalue weighted by atomic mass is 16.5. The molecule has 3 atom stereocenters. The number of carbonyl (C=O) groups excluding carboxylic acids is 2. The number of rotatable bonds is 4. The lowest BCUT2D eigenvalue weighted by Gasteiger charge is -2.27. The fourth-order valence-electron chi connectivity index (χ4n) is 1.73. The zero-order chi connectivity index (χ0) is 11.4. The number of ether oxygens (including phenoxy) is 2. The molecule has 15 heavy (non-hydrogen) atoms. The fraction of sp³-hybridized carbons (Fsp3) is 0.818. The second-order valence-electron chi connectivity index (χ2n) is 4.11. The van der Waals surface area contributed by atoms with E-state index in [4.69, 9.17) is 9.47 Å². The number of carbonyl (C=O) groups is 2. The summed E-state index contributed by atoms with van der Waals surface area (Å²) in [5.41, 5.74) is 0. The molecular formula is C11H18O4. The smallest absolute Gasteiger partial charge is 0.308 e. The highest BCUT2D eigenvalue weighted by Crippen LogP contribution is 2.23. The van der Waals surface area contributed by atoms with Crippen molar-refractivity contribution in [3.05, 3.63) is 0 Å². The van der Waals surface area contributed by atoms with E-state index >= 15 is 0 Å². The van der Waals surface area contributed by atoms with Gasteiger partial charge in [-0.3, -0.25) is 9.59 Å². The maximum Gasteiger partial charge on any atom is 0.308 e. The second kappa shape index (κ2) is 5.26. The molecule has 1 saturated heterocycles. The summed E-state index contributed by atoms with van der Waals surface area (Å²) in [6.45, 7) is 3.35. The van der Waals surface area contributed by atoms with Crippen LogP contribution < -0.4 is 0 Å². The highest BCUT2D eigenvalue weighted by molar-refractivity contribution is 5.80. The van der Waals surface area contributed by atoms with Crippen LogP contribution in [0.25, 0.3) is 0 Å². The second-order valence-corrected chi connectivity index (χ2v) is 4.11. The summed E-state index contributed by atoms with van der Waals surface area (Å²) >= 11 is 0. The van der Waals surface area contributed by atoms with Crippen molar-refractivity contribution in [3.63, 3.8) is 0 Å². The van der Waals surface area contributed by atoms with Crippen LogP contribution in [-0.4, -0.2) is 31.1 Å². The number of Topliss-reactive ketones (excluding diaryl/α,β-unsaturated/α-hetero) is 1. The minimum atomic E-state index is -0.448. The van der Waals surface area contributed by atoms with Crippen molar-refractivity contribution < 1.29 is 19.1 Å². The Hall–Kier alpha value is -0.900. The zero-order valence-electron chi connectivity index (χ0n) is 9.49. The van der Waals surface area contributed by atoms with Crippen molar-refractivity contribution >= 4 is 11.8 Å². The monoisotopic (exact) mass is 214 g/mol. The average molecular weight is 214 g/mol. The van der Waals surface area contributed by atoms with Gasteiger partial charge in [0.15, 0.2) is 5.78 Å². The van der Waals surface area contributed by atoms with Gasteiger partial charge in [0, 0.05) is 13.5 Å². The van der Waals surface area contributed by atoms with Crippen LogP contribution in [0.4, 0.5) is 0 Å². The van der Waals surface area contributed by atoms with Gasteiger partial charge in [-0.25, -0.2) is 0 Å². The van der Waals surface area contributed by atoms with Crippen molar-refractivity contribution in [2.24, 2.45) is 5.92 Å². The molecule has 0 saturated carbocycles. The van der Waals surface area contributed by atoms with Crippen molar-refractivity contribution in [1.82, 2.24) is 0 Å². The van der Waals surface area contributed by atoms with E-state index < -0.39 is 6.10 Å². The van der Waals surface area contributed by atoms with E-state index in [1.54, 1.807) is 0 Å². The Morgan fingerprint density at radius 1 is 1.60 bits per heavy atom. The zero-order valence-corrected chi connectivity index (χ0v) is 9.49. The van der Waals surface area contributed by atoms with Gasteiger partial charge >= 0.3 is 5.97 Å². The lowest BCUT2D eigenvalue weighted by atomic mass is 9.96. The van der Waals surface area contributed by atoms with E-state index in [2.05, 4.69) is 0 Å². The fourth-order valence-corrected chi connectivity index (χ4v) is 1.73. The number of methoxy groups -OCH3 is 1. The van der Waals surface area contributed by atoms with Crippen LogP contribution in [-0.2, 0) is 19.1 Å². The third-order valence-electron chi connectivity index (χ3n) is 2.82. The van der Waals surface area contributed by atoms with Gasteiger partial charge in [0.2, 0.25) is 0 Å². The number of ketones is 1. The van der Waals surface area contributed by atoms with Crippen molar-refractivity contribution in [1.29, 1.82) is 0 Å². The molecular weight excluding hydrogens is 196 g/mol. The van der Waals surface area contributed by atoms with E-state index in [0.717, 1.165) is 12.8 Å². The molecule has 0 N–H and O–H groups in total. The maximum absolute atomic E-state index is 11.3. The number of esters is 1. The molecule has 1 rings (SSSR count). The molecule has 0 aromatic heterocycles. The number of cyclic esters (lactones) is 1. The molecule has 4 heteroatoms. The number of hydrogen-bond donors (Lipinski definition) is 0. The SMILES string of the molecule is CO[C@@H](C[C@@H]1CC[C@@H](C)C(=O)O1)C(C)=O. The van der Waals surface area contributed by atoms with Gasteiger partial charge < -0.3 is 9.47 Å². The first-order valence-corrected chi connectivity index (χ1v) is 5.28. The molecule has 1 heterocycles. The molecule has 0 aromatic carbocycles. The minimum absolute atomic E-state index is 0.0143. The van der Waals surface area contributed by atoms with E-state index in [-0.39, 0.29) is 23.8 Å². The Kier molecular flexibility index (Phi) is 4.27. The molecule has 4 nitrogen and oxygen atoms in total. The quantitative estimate of drug-likeness (QED) is 0.662.